The molecule has 1 aliphatic heterocycles. The molecule has 1 aromatic carbocycles. The SMILES string of the molecule is COC1CC(C(=O)O)N(C(=O)c2nn(-c3c(C)cccc3F)c3c2CCC3)C1. The number of aromatic nitrogens is 2. The molecule has 2 aromatic rings. The number of amides is 1. The molecule has 2 aliphatic rings. The number of carboxylic acid groups (broad SMARTS) is 1. The molecule has 0 saturated carbocycles. The third kappa shape index (κ3) is 2.88. The Bertz CT molecular complexity index is 935. The fourth-order valence-electron chi connectivity index (χ4n) is 4.25. The van der Waals surface area contributed by atoms with Gasteiger partial charge in [0.1, 0.15) is 17.5 Å². The molecule has 1 fully saturated rings. The van der Waals surface area contributed by atoms with Gasteiger partial charge in [-0.25, -0.2) is 13.9 Å². The van der Waals surface area contributed by atoms with Gasteiger partial charge in [0.25, 0.3) is 5.91 Å². The zero-order valence-corrected chi connectivity index (χ0v) is 15.8. The average Bonchev–Trinajstić information content (AvgIpc) is 3.36. The molecule has 0 bridgehead atoms. The number of benzene rings is 1. The van der Waals surface area contributed by atoms with Crippen LogP contribution in [0.1, 0.15) is 40.2 Å². The van der Waals surface area contributed by atoms with Crippen molar-refractivity contribution in [3.8, 4) is 5.69 Å². The highest BCUT2D eigenvalue weighted by molar-refractivity contribution is 5.97. The standard InChI is InChI=1S/C20H22FN3O4/c1-11-5-3-7-14(21)18(11)24-15-8-4-6-13(15)17(22-24)19(25)23-10-12(28-2)9-16(23)20(26)27/h3,5,7,12,16H,4,6,8-10H2,1-2H3,(H,26,27). The summed E-state index contributed by atoms with van der Waals surface area (Å²) in [6, 6.07) is 3.86. The molecular weight excluding hydrogens is 365 g/mol. The highest BCUT2D eigenvalue weighted by atomic mass is 19.1. The quantitative estimate of drug-likeness (QED) is 0.869. The van der Waals surface area contributed by atoms with Gasteiger partial charge < -0.3 is 14.7 Å². The summed E-state index contributed by atoms with van der Waals surface area (Å²) in [5, 5.41) is 14.0. The molecule has 2 unspecified atom stereocenters. The van der Waals surface area contributed by atoms with Crippen molar-refractivity contribution in [2.45, 2.75) is 44.8 Å². The van der Waals surface area contributed by atoms with Gasteiger partial charge in [0.2, 0.25) is 0 Å². The minimum absolute atomic E-state index is 0.201. The van der Waals surface area contributed by atoms with Crippen molar-refractivity contribution in [3.63, 3.8) is 0 Å². The molecule has 4 rings (SSSR count). The highest BCUT2D eigenvalue weighted by Crippen LogP contribution is 2.32. The van der Waals surface area contributed by atoms with Gasteiger partial charge in [-0.2, -0.15) is 5.10 Å². The number of rotatable bonds is 4. The number of nitrogens with zero attached hydrogens (tertiary/aromatic N) is 3. The number of hydrogen-bond donors (Lipinski definition) is 1. The Balaban J connectivity index is 1.77. The van der Waals surface area contributed by atoms with Crippen LogP contribution in [0.2, 0.25) is 0 Å². The van der Waals surface area contributed by atoms with Crippen molar-refractivity contribution >= 4 is 11.9 Å². The monoisotopic (exact) mass is 387 g/mol. The van der Waals surface area contributed by atoms with Crippen LogP contribution in [0, 0.1) is 12.7 Å². The van der Waals surface area contributed by atoms with Crippen molar-refractivity contribution in [1.29, 1.82) is 0 Å². The molecule has 0 spiro atoms. The topological polar surface area (TPSA) is 84.7 Å². The van der Waals surface area contributed by atoms with Gasteiger partial charge >= 0.3 is 5.97 Å². The molecule has 7 nitrogen and oxygen atoms in total. The van der Waals surface area contributed by atoms with Crippen LogP contribution in [0.25, 0.3) is 5.69 Å². The fourth-order valence-corrected chi connectivity index (χ4v) is 4.25. The molecule has 0 radical (unpaired) electrons. The maximum absolute atomic E-state index is 14.5. The van der Waals surface area contributed by atoms with E-state index >= 15 is 0 Å². The van der Waals surface area contributed by atoms with Gasteiger partial charge in [-0.1, -0.05) is 12.1 Å². The van der Waals surface area contributed by atoms with E-state index in [4.69, 9.17) is 4.74 Å². The number of ether oxygens (including phenoxy) is 1. The Morgan fingerprint density at radius 2 is 2.11 bits per heavy atom. The number of likely N-dealkylation sites (tertiary alicyclic amines) is 1. The van der Waals surface area contributed by atoms with Crippen LogP contribution in [0.5, 0.6) is 0 Å². The van der Waals surface area contributed by atoms with Crippen LogP contribution in [-0.2, 0) is 22.4 Å². The normalized spacial score (nSPS) is 21.2. The number of carboxylic acids is 1. The molecule has 1 amide bonds. The van der Waals surface area contributed by atoms with Gasteiger partial charge in [-0.3, -0.25) is 4.79 Å². The van der Waals surface area contributed by atoms with Crippen LogP contribution in [0.4, 0.5) is 4.39 Å². The molecule has 1 aliphatic carbocycles. The lowest BCUT2D eigenvalue weighted by molar-refractivity contribution is -0.141. The molecule has 1 saturated heterocycles. The Hall–Kier alpha value is -2.74. The van der Waals surface area contributed by atoms with Crippen molar-refractivity contribution in [3.05, 3.63) is 46.5 Å². The maximum atomic E-state index is 14.5. The van der Waals surface area contributed by atoms with E-state index in [9.17, 15) is 19.1 Å². The van der Waals surface area contributed by atoms with Gasteiger partial charge in [-0.15, -0.1) is 0 Å². The lowest BCUT2D eigenvalue weighted by Crippen LogP contribution is -2.41. The lowest BCUT2D eigenvalue weighted by Gasteiger charge is -2.20. The van der Waals surface area contributed by atoms with E-state index in [2.05, 4.69) is 5.10 Å². The number of carbonyl (C=O) groups excluding carboxylic acids is 1. The lowest BCUT2D eigenvalue weighted by atomic mass is 10.1. The Morgan fingerprint density at radius 3 is 2.79 bits per heavy atom. The summed E-state index contributed by atoms with van der Waals surface area (Å²) in [5.41, 5.74) is 2.90. The Kier molecular flexibility index (Phi) is 4.66. The predicted octanol–water partition coefficient (Wildman–Crippen LogP) is 2.12. The van der Waals surface area contributed by atoms with Crippen molar-refractivity contribution in [2.75, 3.05) is 13.7 Å². The van der Waals surface area contributed by atoms with Crippen molar-refractivity contribution in [2.24, 2.45) is 0 Å². The summed E-state index contributed by atoms with van der Waals surface area (Å²) < 4.78 is 21.3. The number of carbonyl (C=O) groups is 2. The molecule has 28 heavy (non-hydrogen) atoms. The zero-order chi connectivity index (χ0) is 20.0. The van der Waals surface area contributed by atoms with E-state index < -0.39 is 23.7 Å². The smallest absolute Gasteiger partial charge is 0.326 e. The van der Waals surface area contributed by atoms with E-state index in [0.29, 0.717) is 18.5 Å². The van der Waals surface area contributed by atoms with Crippen LogP contribution >= 0.6 is 0 Å². The van der Waals surface area contributed by atoms with Crippen LogP contribution in [0.15, 0.2) is 18.2 Å². The second-order valence-corrected chi connectivity index (χ2v) is 7.35. The largest absolute Gasteiger partial charge is 0.480 e. The number of fused-ring (bicyclic) bond motifs is 1. The van der Waals surface area contributed by atoms with Gasteiger partial charge in [0.15, 0.2) is 5.69 Å². The van der Waals surface area contributed by atoms with E-state index in [-0.39, 0.29) is 24.8 Å². The summed E-state index contributed by atoms with van der Waals surface area (Å²) in [6.07, 6.45) is 2.14. The first-order valence-corrected chi connectivity index (χ1v) is 9.35. The predicted molar refractivity (Wildman–Crippen MR) is 98.2 cm³/mol. The Morgan fingerprint density at radius 1 is 1.32 bits per heavy atom. The molecule has 1 N–H and O–H groups in total. The van der Waals surface area contributed by atoms with Crippen molar-refractivity contribution < 1.29 is 23.8 Å². The van der Waals surface area contributed by atoms with Crippen LogP contribution in [0.3, 0.4) is 0 Å². The van der Waals surface area contributed by atoms with Crippen LogP contribution < -0.4 is 0 Å². The van der Waals surface area contributed by atoms with Gasteiger partial charge in [-0.05, 0) is 37.8 Å². The number of halogens is 1. The molecular formula is C20H22FN3O4. The number of aryl methyl sites for hydroxylation is 1. The number of aliphatic carboxylic acids is 1. The molecule has 8 heteroatoms. The minimum atomic E-state index is -1.06. The Labute approximate surface area is 161 Å². The molecule has 2 atom stereocenters. The number of methoxy groups -OCH3 is 1. The van der Waals surface area contributed by atoms with E-state index in [0.717, 1.165) is 23.2 Å². The number of para-hydroxylation sites is 1. The third-order valence-electron chi connectivity index (χ3n) is 5.68. The summed E-state index contributed by atoms with van der Waals surface area (Å²) >= 11 is 0. The van der Waals surface area contributed by atoms with Gasteiger partial charge in [0, 0.05) is 31.3 Å². The van der Waals surface area contributed by atoms with E-state index in [1.54, 1.807) is 19.1 Å². The number of hydrogen-bond acceptors (Lipinski definition) is 4. The fraction of sp³-hybridized carbons (Fsp3) is 0.450. The summed E-state index contributed by atoms with van der Waals surface area (Å²) in [6.45, 7) is 2.00. The second kappa shape index (κ2) is 7.01. The van der Waals surface area contributed by atoms with Crippen molar-refractivity contribution in [1.82, 2.24) is 14.7 Å². The van der Waals surface area contributed by atoms with Gasteiger partial charge in [0.05, 0.1) is 6.10 Å². The maximum Gasteiger partial charge on any atom is 0.326 e. The van der Waals surface area contributed by atoms with E-state index in [1.165, 1.54) is 22.8 Å². The molecule has 1 aromatic heterocycles. The zero-order valence-electron chi connectivity index (χ0n) is 15.8. The molecule has 148 valence electrons. The highest BCUT2D eigenvalue weighted by Gasteiger charge is 2.42. The summed E-state index contributed by atoms with van der Waals surface area (Å²) in [7, 11) is 1.50. The third-order valence-corrected chi connectivity index (χ3v) is 5.68. The average molecular weight is 387 g/mol. The first-order valence-electron chi connectivity index (χ1n) is 9.35. The minimum Gasteiger partial charge on any atom is -0.480 e. The second-order valence-electron chi connectivity index (χ2n) is 7.35. The summed E-state index contributed by atoms with van der Waals surface area (Å²) in [5.74, 6) is -1.90. The summed E-state index contributed by atoms with van der Waals surface area (Å²) in [4.78, 5) is 26.2. The van der Waals surface area contributed by atoms with E-state index in [1.807, 2.05) is 0 Å². The first kappa shape index (κ1) is 18.6. The van der Waals surface area contributed by atoms with Crippen LogP contribution in [-0.4, -0.2) is 57.5 Å². The molecule has 2 heterocycles. The first-order chi connectivity index (χ1) is 13.4.